The maximum atomic E-state index is 4.88. The van der Waals surface area contributed by atoms with Crippen molar-refractivity contribution in [1.82, 2.24) is 10.1 Å². The third-order valence-electron chi connectivity index (χ3n) is 1.77. The van der Waals surface area contributed by atoms with E-state index in [0.717, 1.165) is 12.2 Å². The number of hydrogen-bond acceptors (Lipinski definition) is 3. The Hall–Kier alpha value is -1.64. The quantitative estimate of drug-likeness (QED) is 0.698. The van der Waals surface area contributed by atoms with Gasteiger partial charge in [0.15, 0.2) is 5.82 Å². The van der Waals surface area contributed by atoms with Crippen molar-refractivity contribution in [2.24, 2.45) is 0 Å². The summed E-state index contributed by atoms with van der Waals surface area (Å²) in [6.45, 7) is 1.79. The maximum absolute atomic E-state index is 4.88. The smallest absolute Gasteiger partial charge is 0.223 e. The minimum atomic E-state index is 0.617. The van der Waals surface area contributed by atoms with E-state index in [2.05, 4.69) is 10.1 Å². The summed E-state index contributed by atoms with van der Waals surface area (Å²) >= 11 is 0. The third kappa shape index (κ3) is 1.93. The van der Waals surface area contributed by atoms with Gasteiger partial charge >= 0.3 is 0 Å². The van der Waals surface area contributed by atoms with Crippen LogP contribution < -0.4 is 0 Å². The zero-order valence-corrected chi connectivity index (χ0v) is 7.40. The molecule has 0 N–H and O–H groups in total. The predicted molar refractivity (Wildman–Crippen MR) is 48.3 cm³/mol. The van der Waals surface area contributed by atoms with E-state index in [1.165, 1.54) is 5.56 Å². The number of rotatable bonds is 2. The maximum Gasteiger partial charge on any atom is 0.223 e. The van der Waals surface area contributed by atoms with Gasteiger partial charge in [-0.3, -0.25) is 0 Å². The standard InChI is InChI=1S/C10H10N2O/c1-8-11-10(12-13-8)7-9-5-3-2-4-6-9/h2-6H,7H2,1H3. The first kappa shape index (κ1) is 7.98. The molecule has 1 aromatic heterocycles. The van der Waals surface area contributed by atoms with E-state index in [1.807, 2.05) is 30.3 Å². The van der Waals surface area contributed by atoms with Gasteiger partial charge in [0.05, 0.1) is 0 Å². The summed E-state index contributed by atoms with van der Waals surface area (Å²) in [5.74, 6) is 1.36. The van der Waals surface area contributed by atoms with Crippen molar-refractivity contribution in [3.05, 3.63) is 47.6 Å². The summed E-state index contributed by atoms with van der Waals surface area (Å²) in [7, 11) is 0. The zero-order chi connectivity index (χ0) is 9.10. The van der Waals surface area contributed by atoms with Crippen LogP contribution in [0.15, 0.2) is 34.9 Å². The van der Waals surface area contributed by atoms with Gasteiger partial charge in [-0.1, -0.05) is 35.5 Å². The number of hydrogen-bond donors (Lipinski definition) is 0. The number of aryl methyl sites for hydroxylation is 1. The fraction of sp³-hybridized carbons (Fsp3) is 0.200. The highest BCUT2D eigenvalue weighted by atomic mass is 16.5. The Balaban J connectivity index is 2.15. The molecule has 0 amide bonds. The second-order valence-electron chi connectivity index (χ2n) is 2.89. The van der Waals surface area contributed by atoms with E-state index < -0.39 is 0 Å². The molecule has 3 heteroatoms. The summed E-state index contributed by atoms with van der Waals surface area (Å²) in [5, 5.41) is 3.82. The number of nitrogens with zero attached hydrogens (tertiary/aromatic N) is 2. The lowest BCUT2D eigenvalue weighted by atomic mass is 10.1. The minimum Gasteiger partial charge on any atom is -0.340 e. The lowest BCUT2D eigenvalue weighted by molar-refractivity contribution is 0.388. The van der Waals surface area contributed by atoms with Crippen LogP contribution in [-0.2, 0) is 6.42 Å². The Morgan fingerprint density at radius 3 is 2.62 bits per heavy atom. The molecule has 0 fully saturated rings. The Kier molecular flexibility index (Phi) is 2.08. The van der Waals surface area contributed by atoms with Crippen molar-refractivity contribution < 1.29 is 4.52 Å². The van der Waals surface area contributed by atoms with Crippen LogP contribution in [0, 0.1) is 6.92 Å². The van der Waals surface area contributed by atoms with Crippen molar-refractivity contribution >= 4 is 0 Å². The highest BCUT2D eigenvalue weighted by molar-refractivity contribution is 5.18. The Morgan fingerprint density at radius 1 is 1.23 bits per heavy atom. The van der Waals surface area contributed by atoms with Crippen molar-refractivity contribution in [2.45, 2.75) is 13.3 Å². The molecule has 0 unspecified atom stereocenters. The predicted octanol–water partition coefficient (Wildman–Crippen LogP) is 1.97. The van der Waals surface area contributed by atoms with Gasteiger partial charge < -0.3 is 4.52 Å². The Bertz CT molecular complexity index is 381. The summed E-state index contributed by atoms with van der Waals surface area (Å²) in [4.78, 5) is 4.13. The number of benzene rings is 1. The fourth-order valence-corrected chi connectivity index (χ4v) is 1.19. The van der Waals surface area contributed by atoms with Gasteiger partial charge in [-0.25, -0.2) is 0 Å². The molecular weight excluding hydrogens is 164 g/mol. The molecule has 0 aliphatic carbocycles. The van der Waals surface area contributed by atoms with Gasteiger partial charge in [0.25, 0.3) is 0 Å². The van der Waals surface area contributed by atoms with E-state index >= 15 is 0 Å². The molecule has 2 rings (SSSR count). The van der Waals surface area contributed by atoms with Gasteiger partial charge in [0, 0.05) is 13.3 Å². The van der Waals surface area contributed by atoms with Crippen LogP contribution in [0.4, 0.5) is 0 Å². The van der Waals surface area contributed by atoms with E-state index in [-0.39, 0.29) is 0 Å². The average Bonchev–Trinajstić information content (AvgIpc) is 2.53. The molecule has 0 aliphatic heterocycles. The minimum absolute atomic E-state index is 0.617. The molecule has 2 aromatic rings. The molecule has 66 valence electrons. The van der Waals surface area contributed by atoms with Gasteiger partial charge in [0.2, 0.25) is 5.89 Å². The highest BCUT2D eigenvalue weighted by Crippen LogP contribution is 2.05. The molecule has 0 atom stereocenters. The SMILES string of the molecule is Cc1nc(Cc2ccccc2)no1. The van der Waals surface area contributed by atoms with Crippen molar-refractivity contribution in [3.63, 3.8) is 0 Å². The third-order valence-corrected chi connectivity index (χ3v) is 1.77. The molecule has 13 heavy (non-hydrogen) atoms. The molecule has 0 aliphatic rings. The van der Waals surface area contributed by atoms with Crippen LogP contribution in [0.25, 0.3) is 0 Å². The lowest BCUT2D eigenvalue weighted by Gasteiger charge is -1.93. The normalized spacial score (nSPS) is 10.2. The van der Waals surface area contributed by atoms with Gasteiger partial charge in [-0.05, 0) is 5.56 Å². The van der Waals surface area contributed by atoms with Crippen LogP contribution >= 0.6 is 0 Å². The van der Waals surface area contributed by atoms with E-state index in [0.29, 0.717) is 5.89 Å². The fourth-order valence-electron chi connectivity index (χ4n) is 1.19. The summed E-state index contributed by atoms with van der Waals surface area (Å²) in [6.07, 6.45) is 0.734. The van der Waals surface area contributed by atoms with E-state index in [4.69, 9.17) is 4.52 Å². The first-order valence-electron chi connectivity index (χ1n) is 4.18. The molecule has 1 aromatic carbocycles. The first-order valence-corrected chi connectivity index (χ1v) is 4.18. The Labute approximate surface area is 76.4 Å². The van der Waals surface area contributed by atoms with Gasteiger partial charge in [0.1, 0.15) is 0 Å². The molecular formula is C10H10N2O. The Morgan fingerprint density at radius 2 is 2.00 bits per heavy atom. The number of aromatic nitrogens is 2. The van der Waals surface area contributed by atoms with Crippen molar-refractivity contribution in [3.8, 4) is 0 Å². The topological polar surface area (TPSA) is 38.9 Å². The average molecular weight is 174 g/mol. The molecule has 0 radical (unpaired) electrons. The lowest BCUT2D eigenvalue weighted by Crippen LogP contribution is -1.89. The molecule has 0 saturated heterocycles. The monoisotopic (exact) mass is 174 g/mol. The van der Waals surface area contributed by atoms with Crippen LogP contribution in [-0.4, -0.2) is 10.1 Å². The molecule has 0 spiro atoms. The molecule has 0 bridgehead atoms. The van der Waals surface area contributed by atoms with Crippen LogP contribution in [0.5, 0.6) is 0 Å². The van der Waals surface area contributed by atoms with Crippen LogP contribution in [0.1, 0.15) is 17.3 Å². The van der Waals surface area contributed by atoms with Crippen LogP contribution in [0.2, 0.25) is 0 Å². The highest BCUT2D eigenvalue weighted by Gasteiger charge is 2.02. The summed E-state index contributed by atoms with van der Waals surface area (Å²) in [6, 6.07) is 10.1. The summed E-state index contributed by atoms with van der Waals surface area (Å²) in [5.41, 5.74) is 1.20. The van der Waals surface area contributed by atoms with Crippen molar-refractivity contribution in [1.29, 1.82) is 0 Å². The van der Waals surface area contributed by atoms with Gasteiger partial charge in [-0.15, -0.1) is 0 Å². The van der Waals surface area contributed by atoms with E-state index in [9.17, 15) is 0 Å². The van der Waals surface area contributed by atoms with Crippen molar-refractivity contribution in [2.75, 3.05) is 0 Å². The second-order valence-corrected chi connectivity index (χ2v) is 2.89. The van der Waals surface area contributed by atoms with E-state index in [1.54, 1.807) is 6.92 Å². The van der Waals surface area contributed by atoms with Gasteiger partial charge in [-0.2, -0.15) is 4.98 Å². The first-order chi connectivity index (χ1) is 6.34. The zero-order valence-electron chi connectivity index (χ0n) is 7.40. The molecule has 3 nitrogen and oxygen atoms in total. The molecule has 0 saturated carbocycles. The largest absolute Gasteiger partial charge is 0.340 e. The van der Waals surface area contributed by atoms with Crippen LogP contribution in [0.3, 0.4) is 0 Å². The summed E-state index contributed by atoms with van der Waals surface area (Å²) < 4.78 is 4.88. The molecule has 1 heterocycles. The second kappa shape index (κ2) is 3.39.